The lowest BCUT2D eigenvalue weighted by atomic mass is 10.2. The van der Waals surface area contributed by atoms with Crippen LogP contribution in [-0.4, -0.2) is 12.0 Å². The largest absolute Gasteiger partial charge is 0.370 e. The molecule has 0 aliphatic rings. The van der Waals surface area contributed by atoms with Gasteiger partial charge in [0.25, 0.3) is 0 Å². The molecule has 0 atom stereocenters. The van der Waals surface area contributed by atoms with Crippen molar-refractivity contribution in [2.75, 3.05) is 11.9 Å². The lowest BCUT2D eigenvalue weighted by molar-refractivity contribution is 0.902. The fourth-order valence-electron chi connectivity index (χ4n) is 1.97. The maximum atomic E-state index is 5.60. The van der Waals surface area contributed by atoms with E-state index in [-0.39, 0.29) is 0 Å². The van der Waals surface area contributed by atoms with Crippen molar-refractivity contribution in [2.24, 2.45) is 5.73 Å². The highest BCUT2D eigenvalue weighted by Gasteiger charge is 2.03. The highest BCUT2D eigenvalue weighted by atomic mass is 15.1. The lowest BCUT2D eigenvalue weighted by Gasteiger charge is -2.20. The zero-order valence-electron chi connectivity index (χ0n) is 10.9. The molecule has 1 aromatic carbocycles. The van der Waals surface area contributed by atoms with Crippen molar-refractivity contribution in [3.05, 3.63) is 59.4 Å². The number of hydrogen-bond acceptors (Lipinski definition) is 3. The van der Waals surface area contributed by atoms with E-state index in [9.17, 15) is 0 Å². The van der Waals surface area contributed by atoms with Gasteiger partial charge in [-0.1, -0.05) is 12.1 Å². The Labute approximate surface area is 108 Å². The number of hydrogen-bond donors (Lipinski definition) is 1. The molecule has 0 fully saturated rings. The predicted octanol–water partition coefficient (Wildman–Crippen LogP) is 2.49. The van der Waals surface area contributed by atoms with Gasteiger partial charge in [-0.3, -0.25) is 4.98 Å². The van der Waals surface area contributed by atoms with Crippen LogP contribution in [-0.2, 0) is 13.1 Å². The molecule has 0 saturated carbocycles. The van der Waals surface area contributed by atoms with Crippen LogP contribution in [0.4, 0.5) is 5.69 Å². The summed E-state index contributed by atoms with van der Waals surface area (Å²) in [7, 11) is 2.09. The van der Waals surface area contributed by atoms with Crippen LogP contribution in [0.5, 0.6) is 0 Å². The van der Waals surface area contributed by atoms with E-state index in [1.807, 2.05) is 12.3 Å². The van der Waals surface area contributed by atoms with Gasteiger partial charge in [0.2, 0.25) is 0 Å². The molecule has 3 heteroatoms. The van der Waals surface area contributed by atoms with Gasteiger partial charge in [-0.05, 0) is 42.3 Å². The Bertz CT molecular complexity index is 523. The minimum absolute atomic E-state index is 0.488. The Morgan fingerprint density at radius 1 is 1.22 bits per heavy atom. The summed E-state index contributed by atoms with van der Waals surface area (Å²) in [6.07, 6.45) is 1.82. The number of anilines is 1. The van der Waals surface area contributed by atoms with Gasteiger partial charge in [0.15, 0.2) is 0 Å². The Morgan fingerprint density at radius 3 is 2.78 bits per heavy atom. The van der Waals surface area contributed by atoms with E-state index in [1.165, 1.54) is 16.8 Å². The van der Waals surface area contributed by atoms with Gasteiger partial charge in [-0.15, -0.1) is 0 Å². The molecule has 0 aliphatic heterocycles. The zero-order valence-corrected chi connectivity index (χ0v) is 10.9. The topological polar surface area (TPSA) is 42.2 Å². The average molecular weight is 241 g/mol. The molecule has 1 heterocycles. The van der Waals surface area contributed by atoms with Crippen LogP contribution < -0.4 is 10.6 Å². The summed E-state index contributed by atoms with van der Waals surface area (Å²) >= 11 is 0. The van der Waals surface area contributed by atoms with Gasteiger partial charge in [0, 0.05) is 32.0 Å². The van der Waals surface area contributed by atoms with Crippen LogP contribution >= 0.6 is 0 Å². The first-order valence-electron chi connectivity index (χ1n) is 6.10. The Hall–Kier alpha value is -1.87. The molecule has 18 heavy (non-hydrogen) atoms. The summed E-state index contributed by atoms with van der Waals surface area (Å²) in [5, 5.41) is 0. The average Bonchev–Trinajstić information content (AvgIpc) is 2.39. The van der Waals surface area contributed by atoms with Crippen molar-refractivity contribution in [1.82, 2.24) is 4.98 Å². The van der Waals surface area contributed by atoms with Gasteiger partial charge < -0.3 is 10.6 Å². The fraction of sp³-hybridized carbons (Fsp3) is 0.267. The van der Waals surface area contributed by atoms with Crippen LogP contribution in [0.25, 0.3) is 0 Å². The second kappa shape index (κ2) is 5.65. The maximum Gasteiger partial charge on any atom is 0.0542 e. The fourth-order valence-corrected chi connectivity index (χ4v) is 1.97. The summed E-state index contributed by atoms with van der Waals surface area (Å²) < 4.78 is 0. The smallest absolute Gasteiger partial charge is 0.0542 e. The number of nitrogens with zero attached hydrogens (tertiary/aromatic N) is 2. The van der Waals surface area contributed by atoms with E-state index in [0.717, 1.165) is 12.2 Å². The first kappa shape index (κ1) is 12.6. The molecule has 0 amide bonds. The minimum Gasteiger partial charge on any atom is -0.370 e. The molecule has 1 aromatic heterocycles. The van der Waals surface area contributed by atoms with Crippen molar-refractivity contribution in [1.29, 1.82) is 0 Å². The molecule has 0 radical (unpaired) electrons. The monoisotopic (exact) mass is 241 g/mol. The van der Waals surface area contributed by atoms with Crippen molar-refractivity contribution >= 4 is 5.69 Å². The molecule has 0 aliphatic carbocycles. The highest BCUT2D eigenvalue weighted by Crippen LogP contribution is 2.16. The molecular weight excluding hydrogens is 222 g/mol. The van der Waals surface area contributed by atoms with Gasteiger partial charge in [-0.25, -0.2) is 0 Å². The Kier molecular flexibility index (Phi) is 3.95. The Morgan fingerprint density at radius 2 is 2.06 bits per heavy atom. The summed E-state index contributed by atoms with van der Waals surface area (Å²) in [6.45, 7) is 3.46. The molecule has 0 saturated heterocycles. The molecule has 2 N–H and O–H groups in total. The second-order valence-corrected chi connectivity index (χ2v) is 4.55. The van der Waals surface area contributed by atoms with Crippen LogP contribution in [0.1, 0.15) is 16.8 Å². The SMILES string of the molecule is Cc1cccc(N(C)Cc2ccnc(CN)c2)c1. The van der Waals surface area contributed by atoms with Crippen molar-refractivity contribution in [2.45, 2.75) is 20.0 Å². The first-order valence-corrected chi connectivity index (χ1v) is 6.10. The van der Waals surface area contributed by atoms with Gasteiger partial charge >= 0.3 is 0 Å². The molecule has 0 spiro atoms. The third kappa shape index (κ3) is 3.08. The minimum atomic E-state index is 0.488. The van der Waals surface area contributed by atoms with Crippen LogP contribution in [0, 0.1) is 6.92 Å². The van der Waals surface area contributed by atoms with E-state index in [0.29, 0.717) is 6.54 Å². The highest BCUT2D eigenvalue weighted by molar-refractivity contribution is 5.48. The summed E-state index contributed by atoms with van der Waals surface area (Å²) in [5.41, 5.74) is 10.3. The van der Waals surface area contributed by atoms with Crippen molar-refractivity contribution in [3.63, 3.8) is 0 Å². The lowest BCUT2D eigenvalue weighted by Crippen LogP contribution is -2.16. The first-order chi connectivity index (χ1) is 8.69. The molecule has 2 rings (SSSR count). The number of pyridine rings is 1. The van der Waals surface area contributed by atoms with E-state index in [2.05, 4.69) is 54.2 Å². The Balaban J connectivity index is 2.13. The summed E-state index contributed by atoms with van der Waals surface area (Å²) in [5.74, 6) is 0. The molecular formula is C15H19N3. The second-order valence-electron chi connectivity index (χ2n) is 4.55. The van der Waals surface area contributed by atoms with Crippen LogP contribution in [0.2, 0.25) is 0 Å². The molecule has 2 aromatic rings. The molecule has 3 nitrogen and oxygen atoms in total. The molecule has 0 bridgehead atoms. The van der Waals surface area contributed by atoms with Gasteiger partial charge in [-0.2, -0.15) is 0 Å². The number of nitrogens with two attached hydrogens (primary N) is 1. The summed E-state index contributed by atoms with van der Waals surface area (Å²) in [6, 6.07) is 12.6. The number of benzene rings is 1. The predicted molar refractivity (Wildman–Crippen MR) is 75.4 cm³/mol. The quantitative estimate of drug-likeness (QED) is 0.894. The van der Waals surface area contributed by atoms with Crippen LogP contribution in [0.15, 0.2) is 42.6 Å². The number of aromatic nitrogens is 1. The summed E-state index contributed by atoms with van der Waals surface area (Å²) in [4.78, 5) is 6.43. The van der Waals surface area contributed by atoms with E-state index in [4.69, 9.17) is 5.73 Å². The third-order valence-electron chi connectivity index (χ3n) is 2.95. The third-order valence-corrected chi connectivity index (χ3v) is 2.95. The van der Waals surface area contributed by atoms with Gasteiger partial charge in [0.1, 0.15) is 0 Å². The van der Waals surface area contributed by atoms with Gasteiger partial charge in [0.05, 0.1) is 5.69 Å². The number of aryl methyl sites for hydroxylation is 1. The van der Waals surface area contributed by atoms with E-state index >= 15 is 0 Å². The standard InChI is InChI=1S/C15H19N3/c1-12-4-3-5-15(8-12)18(2)11-13-6-7-17-14(9-13)10-16/h3-9H,10-11,16H2,1-2H3. The van der Waals surface area contributed by atoms with E-state index < -0.39 is 0 Å². The zero-order chi connectivity index (χ0) is 13.0. The van der Waals surface area contributed by atoms with E-state index in [1.54, 1.807) is 0 Å². The maximum absolute atomic E-state index is 5.60. The van der Waals surface area contributed by atoms with Crippen molar-refractivity contribution < 1.29 is 0 Å². The van der Waals surface area contributed by atoms with Crippen molar-refractivity contribution in [3.8, 4) is 0 Å². The molecule has 0 unspecified atom stereocenters. The van der Waals surface area contributed by atoms with Crippen LogP contribution in [0.3, 0.4) is 0 Å². The molecule has 94 valence electrons. The normalized spacial score (nSPS) is 10.4. The number of rotatable bonds is 4.